The molecule has 4 nitrogen and oxygen atoms in total. The zero-order valence-corrected chi connectivity index (χ0v) is 19.1. The van der Waals surface area contributed by atoms with Crippen LogP contribution in [0, 0.1) is 5.92 Å². The first kappa shape index (κ1) is 26.4. The van der Waals surface area contributed by atoms with Gasteiger partial charge in [0.05, 0.1) is 6.61 Å². The molecular formula is C27H38O4. The summed E-state index contributed by atoms with van der Waals surface area (Å²) in [5.41, 5.74) is 2.74. The van der Waals surface area contributed by atoms with Crippen molar-refractivity contribution in [3.05, 3.63) is 71.8 Å². The fourth-order valence-electron chi connectivity index (χ4n) is 3.15. The zero-order valence-electron chi connectivity index (χ0n) is 19.1. The molecule has 4 heteroatoms. The largest absolute Gasteiger partial charge is 0.481 e. The molecule has 2 rings (SSSR count). The van der Waals surface area contributed by atoms with Crippen LogP contribution in [0.5, 0.6) is 0 Å². The number of esters is 1. The third kappa shape index (κ3) is 14.1. The predicted molar refractivity (Wildman–Crippen MR) is 126 cm³/mol. The number of ether oxygens (including phenoxy) is 1. The zero-order chi connectivity index (χ0) is 22.7. The Hall–Kier alpha value is -2.62. The molecular weight excluding hydrogens is 388 g/mol. The normalized spacial score (nSPS) is 11.2. The third-order valence-corrected chi connectivity index (χ3v) is 5.14. The van der Waals surface area contributed by atoms with E-state index in [-0.39, 0.29) is 12.4 Å². The standard InChI is InChI=1S/C14H26O4.C13H12/c1-3-5-8-12(4-2)11-18-14(17)10-7-6-9-13(15)16;1-3-7-12(8-4-1)11-13-9-5-2-6-10-13/h12H,3-11H2,1-2H3,(H,15,16);1-10H,11H2. The minimum absolute atomic E-state index is 0.126. The number of rotatable bonds is 13. The maximum atomic E-state index is 11.4. The van der Waals surface area contributed by atoms with Gasteiger partial charge in [-0.1, -0.05) is 93.8 Å². The van der Waals surface area contributed by atoms with Crippen molar-refractivity contribution in [2.75, 3.05) is 6.61 Å². The molecule has 0 heterocycles. The Labute approximate surface area is 187 Å². The van der Waals surface area contributed by atoms with Gasteiger partial charge in [-0.2, -0.15) is 0 Å². The summed E-state index contributed by atoms with van der Waals surface area (Å²) in [6.07, 6.45) is 7.11. The van der Waals surface area contributed by atoms with Crippen molar-refractivity contribution in [1.82, 2.24) is 0 Å². The second kappa shape index (κ2) is 17.1. The van der Waals surface area contributed by atoms with E-state index in [2.05, 4.69) is 74.5 Å². The van der Waals surface area contributed by atoms with Crippen molar-refractivity contribution in [2.24, 2.45) is 5.92 Å². The molecule has 0 aliphatic heterocycles. The molecule has 0 amide bonds. The van der Waals surface area contributed by atoms with Crippen LogP contribution in [0.15, 0.2) is 60.7 Å². The smallest absolute Gasteiger partial charge is 0.305 e. The number of carbonyl (C=O) groups excluding carboxylic acids is 1. The molecule has 1 N–H and O–H groups in total. The highest BCUT2D eigenvalue weighted by molar-refractivity contribution is 5.69. The molecule has 31 heavy (non-hydrogen) atoms. The predicted octanol–water partition coefficient (Wildman–Crippen LogP) is 6.67. The first-order chi connectivity index (χ1) is 15.0. The average Bonchev–Trinajstić information content (AvgIpc) is 2.78. The maximum absolute atomic E-state index is 11.4. The van der Waals surface area contributed by atoms with Gasteiger partial charge in [0.2, 0.25) is 0 Å². The lowest BCUT2D eigenvalue weighted by Gasteiger charge is -2.14. The Bertz CT molecular complexity index is 675. The van der Waals surface area contributed by atoms with Gasteiger partial charge in [-0.3, -0.25) is 9.59 Å². The van der Waals surface area contributed by atoms with Gasteiger partial charge < -0.3 is 9.84 Å². The molecule has 2 aromatic rings. The molecule has 0 saturated carbocycles. The van der Waals surface area contributed by atoms with E-state index in [0.29, 0.717) is 31.8 Å². The fourth-order valence-corrected chi connectivity index (χ4v) is 3.15. The SMILES string of the molecule is CCCCC(CC)COC(=O)CCCCC(=O)O.c1ccc(Cc2ccccc2)cc1. The Kier molecular flexibility index (Phi) is 14.6. The Morgan fingerprint density at radius 3 is 1.87 bits per heavy atom. The molecule has 1 atom stereocenters. The summed E-state index contributed by atoms with van der Waals surface area (Å²) < 4.78 is 5.21. The van der Waals surface area contributed by atoms with Gasteiger partial charge >= 0.3 is 11.9 Å². The van der Waals surface area contributed by atoms with Crippen LogP contribution in [-0.4, -0.2) is 23.7 Å². The van der Waals surface area contributed by atoms with Crippen molar-refractivity contribution in [3.63, 3.8) is 0 Å². The summed E-state index contributed by atoms with van der Waals surface area (Å²) >= 11 is 0. The van der Waals surface area contributed by atoms with Crippen LogP contribution in [0.2, 0.25) is 0 Å². The summed E-state index contributed by atoms with van der Waals surface area (Å²) in [7, 11) is 0. The summed E-state index contributed by atoms with van der Waals surface area (Å²) in [6, 6.07) is 21.1. The highest BCUT2D eigenvalue weighted by Crippen LogP contribution is 2.13. The monoisotopic (exact) mass is 426 g/mol. The molecule has 0 saturated heterocycles. The van der Waals surface area contributed by atoms with Crippen molar-refractivity contribution in [2.45, 2.75) is 71.6 Å². The van der Waals surface area contributed by atoms with E-state index in [1.165, 1.54) is 24.0 Å². The van der Waals surface area contributed by atoms with E-state index in [1.54, 1.807) is 0 Å². The second-order valence-corrected chi connectivity index (χ2v) is 7.85. The molecule has 170 valence electrons. The molecule has 0 radical (unpaired) electrons. The first-order valence-electron chi connectivity index (χ1n) is 11.5. The van der Waals surface area contributed by atoms with E-state index in [1.807, 2.05) is 0 Å². The summed E-state index contributed by atoms with van der Waals surface area (Å²) in [5, 5.41) is 8.45. The molecule has 0 spiro atoms. The molecule has 0 aliphatic carbocycles. The lowest BCUT2D eigenvalue weighted by Crippen LogP contribution is -2.13. The molecule has 1 unspecified atom stereocenters. The van der Waals surface area contributed by atoms with Crippen molar-refractivity contribution < 1.29 is 19.4 Å². The van der Waals surface area contributed by atoms with E-state index in [0.717, 1.165) is 19.3 Å². The minimum atomic E-state index is -0.811. The Morgan fingerprint density at radius 2 is 1.39 bits per heavy atom. The van der Waals surface area contributed by atoms with Gasteiger partial charge in [-0.25, -0.2) is 0 Å². The molecule has 0 aliphatic rings. The van der Waals surface area contributed by atoms with Gasteiger partial charge in [0.25, 0.3) is 0 Å². The summed E-state index contributed by atoms with van der Waals surface area (Å²) in [5.74, 6) is -0.544. The van der Waals surface area contributed by atoms with E-state index < -0.39 is 5.97 Å². The van der Waals surface area contributed by atoms with Gasteiger partial charge in [-0.05, 0) is 42.7 Å². The van der Waals surface area contributed by atoms with Crippen LogP contribution in [0.25, 0.3) is 0 Å². The average molecular weight is 427 g/mol. The molecule has 2 aromatic carbocycles. The van der Waals surface area contributed by atoms with Crippen molar-refractivity contribution in [3.8, 4) is 0 Å². The number of carboxylic acid groups (broad SMARTS) is 1. The van der Waals surface area contributed by atoms with Crippen LogP contribution in [0.3, 0.4) is 0 Å². The number of carbonyl (C=O) groups is 2. The van der Waals surface area contributed by atoms with Crippen LogP contribution >= 0.6 is 0 Å². The Morgan fingerprint density at radius 1 is 0.839 bits per heavy atom. The summed E-state index contributed by atoms with van der Waals surface area (Å²) in [6.45, 7) is 4.77. The summed E-state index contributed by atoms with van der Waals surface area (Å²) in [4.78, 5) is 21.7. The lowest BCUT2D eigenvalue weighted by molar-refractivity contribution is -0.145. The van der Waals surface area contributed by atoms with Crippen LogP contribution < -0.4 is 0 Å². The molecule has 0 aromatic heterocycles. The number of benzene rings is 2. The van der Waals surface area contributed by atoms with Gasteiger partial charge in [0, 0.05) is 12.8 Å². The highest BCUT2D eigenvalue weighted by atomic mass is 16.5. The number of carboxylic acids is 1. The second-order valence-electron chi connectivity index (χ2n) is 7.85. The van der Waals surface area contributed by atoms with E-state index in [9.17, 15) is 9.59 Å². The third-order valence-electron chi connectivity index (χ3n) is 5.14. The van der Waals surface area contributed by atoms with Gasteiger partial charge in [0.15, 0.2) is 0 Å². The van der Waals surface area contributed by atoms with E-state index in [4.69, 9.17) is 9.84 Å². The molecule has 0 fully saturated rings. The topological polar surface area (TPSA) is 63.6 Å². The fraction of sp³-hybridized carbons (Fsp3) is 0.481. The number of aliphatic carboxylic acids is 1. The minimum Gasteiger partial charge on any atom is -0.481 e. The first-order valence-corrected chi connectivity index (χ1v) is 11.5. The quantitative estimate of drug-likeness (QED) is 0.287. The van der Waals surface area contributed by atoms with E-state index >= 15 is 0 Å². The van der Waals surface area contributed by atoms with Crippen LogP contribution in [0.1, 0.15) is 76.3 Å². The van der Waals surface area contributed by atoms with Crippen molar-refractivity contribution >= 4 is 11.9 Å². The molecule has 0 bridgehead atoms. The number of hydrogen-bond donors (Lipinski definition) is 1. The maximum Gasteiger partial charge on any atom is 0.305 e. The highest BCUT2D eigenvalue weighted by Gasteiger charge is 2.10. The number of hydrogen-bond acceptors (Lipinski definition) is 3. The van der Waals surface area contributed by atoms with Crippen molar-refractivity contribution in [1.29, 1.82) is 0 Å². The Balaban J connectivity index is 0.000000323. The lowest BCUT2D eigenvalue weighted by atomic mass is 10.0. The van der Waals surface area contributed by atoms with Gasteiger partial charge in [0.1, 0.15) is 0 Å². The van der Waals surface area contributed by atoms with Gasteiger partial charge in [-0.15, -0.1) is 0 Å². The van der Waals surface area contributed by atoms with Crippen LogP contribution in [-0.2, 0) is 20.7 Å². The number of unbranched alkanes of at least 4 members (excludes halogenated alkanes) is 2. The van der Waals surface area contributed by atoms with Crippen LogP contribution in [0.4, 0.5) is 0 Å².